The number of rotatable bonds is 5. The molecule has 17 heavy (non-hydrogen) atoms. The van der Waals surface area contributed by atoms with Gasteiger partial charge in [0.2, 0.25) is 5.91 Å². The normalized spacial score (nSPS) is 10.1. The summed E-state index contributed by atoms with van der Waals surface area (Å²) in [6, 6.07) is 4.64. The number of anilines is 1. The second-order valence-corrected chi connectivity index (χ2v) is 4.28. The molecule has 0 fully saturated rings. The van der Waals surface area contributed by atoms with Gasteiger partial charge in [-0.2, -0.15) is 0 Å². The first kappa shape index (κ1) is 13.5. The molecular weight excluding hydrogens is 219 g/mol. The van der Waals surface area contributed by atoms with Crippen LogP contribution in [-0.4, -0.2) is 31.4 Å². The molecule has 1 rings (SSSR count). The number of hydrogen-bond donors (Lipinski definition) is 1. The molecular formula is C13H19FN2O. The van der Waals surface area contributed by atoms with Crippen LogP contribution in [0.25, 0.3) is 0 Å². The fourth-order valence-electron chi connectivity index (χ4n) is 1.51. The van der Waals surface area contributed by atoms with Crippen LogP contribution < -0.4 is 5.32 Å². The number of carbonyl (C=O) groups excluding carboxylic acids is 1. The van der Waals surface area contributed by atoms with E-state index in [1.54, 1.807) is 25.1 Å². The Morgan fingerprint density at radius 3 is 2.71 bits per heavy atom. The molecule has 0 bridgehead atoms. The van der Waals surface area contributed by atoms with E-state index in [9.17, 15) is 9.18 Å². The monoisotopic (exact) mass is 238 g/mol. The molecule has 3 nitrogen and oxygen atoms in total. The van der Waals surface area contributed by atoms with Gasteiger partial charge < -0.3 is 10.2 Å². The third kappa shape index (κ3) is 4.43. The van der Waals surface area contributed by atoms with Crippen LogP contribution in [0.4, 0.5) is 10.1 Å². The number of carbonyl (C=O) groups is 1. The molecule has 0 aliphatic heterocycles. The van der Waals surface area contributed by atoms with Gasteiger partial charge in [0.05, 0.1) is 0 Å². The molecule has 4 heteroatoms. The van der Waals surface area contributed by atoms with Crippen molar-refractivity contribution in [2.24, 2.45) is 0 Å². The largest absolute Gasteiger partial charge is 0.385 e. The van der Waals surface area contributed by atoms with E-state index in [-0.39, 0.29) is 11.7 Å². The molecule has 0 atom stereocenters. The Bertz CT molecular complexity index is 391. The van der Waals surface area contributed by atoms with Crippen molar-refractivity contribution >= 4 is 11.6 Å². The van der Waals surface area contributed by atoms with Crippen molar-refractivity contribution in [3.05, 3.63) is 29.6 Å². The van der Waals surface area contributed by atoms with Gasteiger partial charge in [-0.25, -0.2) is 4.39 Å². The van der Waals surface area contributed by atoms with E-state index >= 15 is 0 Å². The van der Waals surface area contributed by atoms with E-state index < -0.39 is 0 Å². The van der Waals surface area contributed by atoms with Crippen molar-refractivity contribution < 1.29 is 9.18 Å². The lowest BCUT2D eigenvalue weighted by atomic mass is 10.2. The molecule has 0 aliphatic carbocycles. The van der Waals surface area contributed by atoms with Crippen molar-refractivity contribution in [3.8, 4) is 0 Å². The fourth-order valence-corrected chi connectivity index (χ4v) is 1.51. The van der Waals surface area contributed by atoms with E-state index in [2.05, 4.69) is 5.32 Å². The summed E-state index contributed by atoms with van der Waals surface area (Å²) < 4.78 is 12.9. The van der Waals surface area contributed by atoms with Crippen molar-refractivity contribution in [2.45, 2.75) is 19.8 Å². The Morgan fingerprint density at radius 2 is 2.12 bits per heavy atom. The predicted octanol–water partition coefficient (Wildman–Crippen LogP) is 2.41. The van der Waals surface area contributed by atoms with Crippen LogP contribution >= 0.6 is 0 Å². The van der Waals surface area contributed by atoms with Crippen LogP contribution in [0.3, 0.4) is 0 Å². The van der Waals surface area contributed by atoms with Crippen molar-refractivity contribution in [2.75, 3.05) is 26.0 Å². The maximum atomic E-state index is 12.9. The Labute approximate surface area is 102 Å². The maximum absolute atomic E-state index is 12.9. The third-order valence-electron chi connectivity index (χ3n) is 2.57. The van der Waals surface area contributed by atoms with Crippen molar-refractivity contribution in [1.82, 2.24) is 4.90 Å². The van der Waals surface area contributed by atoms with Crippen LogP contribution in [0.2, 0.25) is 0 Å². The zero-order valence-corrected chi connectivity index (χ0v) is 10.6. The first-order valence-electron chi connectivity index (χ1n) is 5.71. The number of hydrogen-bond acceptors (Lipinski definition) is 2. The predicted molar refractivity (Wildman–Crippen MR) is 67.6 cm³/mol. The van der Waals surface area contributed by atoms with Crippen molar-refractivity contribution in [3.63, 3.8) is 0 Å². The summed E-state index contributed by atoms with van der Waals surface area (Å²) >= 11 is 0. The Hall–Kier alpha value is -1.58. The van der Waals surface area contributed by atoms with Crippen molar-refractivity contribution in [1.29, 1.82) is 0 Å². The molecule has 0 unspecified atom stereocenters. The van der Waals surface area contributed by atoms with E-state index in [0.717, 1.165) is 17.7 Å². The molecule has 0 spiro atoms. The second kappa shape index (κ2) is 6.23. The van der Waals surface area contributed by atoms with Gasteiger partial charge in [-0.3, -0.25) is 4.79 Å². The van der Waals surface area contributed by atoms with Gasteiger partial charge in [-0.15, -0.1) is 0 Å². The third-order valence-corrected chi connectivity index (χ3v) is 2.57. The van der Waals surface area contributed by atoms with E-state index in [1.165, 1.54) is 12.1 Å². The van der Waals surface area contributed by atoms with Gasteiger partial charge in [0.1, 0.15) is 5.82 Å². The highest BCUT2D eigenvalue weighted by Gasteiger charge is 2.03. The minimum absolute atomic E-state index is 0.127. The topological polar surface area (TPSA) is 32.3 Å². The molecule has 1 N–H and O–H groups in total. The second-order valence-electron chi connectivity index (χ2n) is 4.28. The minimum Gasteiger partial charge on any atom is -0.385 e. The molecule has 0 saturated carbocycles. The lowest BCUT2D eigenvalue weighted by molar-refractivity contribution is -0.128. The molecule has 1 aromatic carbocycles. The van der Waals surface area contributed by atoms with E-state index in [4.69, 9.17) is 0 Å². The van der Waals surface area contributed by atoms with E-state index in [0.29, 0.717) is 13.0 Å². The Kier molecular flexibility index (Phi) is 4.94. The number of amides is 1. The maximum Gasteiger partial charge on any atom is 0.222 e. The standard InChI is InChI=1S/C13H19FN2O/c1-10-9-11(14)6-7-12(10)15-8-4-5-13(17)16(2)3/h6-7,9,15H,4-5,8H2,1-3H3. The van der Waals surface area contributed by atoms with Gasteiger partial charge >= 0.3 is 0 Å². The summed E-state index contributed by atoms with van der Waals surface area (Å²) in [4.78, 5) is 12.9. The van der Waals surface area contributed by atoms with Gasteiger partial charge in [-0.05, 0) is 37.1 Å². The van der Waals surface area contributed by atoms with Crippen LogP contribution in [0.5, 0.6) is 0 Å². The minimum atomic E-state index is -0.226. The summed E-state index contributed by atoms with van der Waals surface area (Å²) in [5.41, 5.74) is 1.80. The molecule has 0 saturated heterocycles. The van der Waals surface area contributed by atoms with Crippen LogP contribution in [-0.2, 0) is 4.79 Å². The molecule has 1 amide bonds. The first-order valence-corrected chi connectivity index (χ1v) is 5.71. The quantitative estimate of drug-likeness (QED) is 0.799. The zero-order chi connectivity index (χ0) is 12.8. The highest BCUT2D eigenvalue weighted by molar-refractivity contribution is 5.75. The smallest absolute Gasteiger partial charge is 0.222 e. The lowest BCUT2D eigenvalue weighted by Crippen LogP contribution is -2.22. The Morgan fingerprint density at radius 1 is 1.41 bits per heavy atom. The highest BCUT2D eigenvalue weighted by Crippen LogP contribution is 2.15. The average Bonchev–Trinajstić information content (AvgIpc) is 2.26. The number of nitrogens with zero attached hydrogens (tertiary/aromatic N) is 1. The van der Waals surface area contributed by atoms with Gasteiger partial charge in [0.25, 0.3) is 0 Å². The Balaban J connectivity index is 2.34. The summed E-state index contributed by atoms with van der Waals surface area (Å²) in [5.74, 6) is -0.0986. The first-order chi connectivity index (χ1) is 8.00. The van der Waals surface area contributed by atoms with Gasteiger partial charge in [0, 0.05) is 32.7 Å². The van der Waals surface area contributed by atoms with Gasteiger partial charge in [-0.1, -0.05) is 0 Å². The zero-order valence-electron chi connectivity index (χ0n) is 10.6. The number of halogens is 1. The molecule has 1 aromatic rings. The average molecular weight is 238 g/mol. The summed E-state index contributed by atoms with van der Waals surface area (Å²) in [6.07, 6.45) is 1.30. The molecule has 0 aromatic heterocycles. The number of aryl methyl sites for hydroxylation is 1. The summed E-state index contributed by atoms with van der Waals surface area (Å²) in [5, 5.41) is 3.20. The number of benzene rings is 1. The highest BCUT2D eigenvalue weighted by atomic mass is 19.1. The summed E-state index contributed by atoms with van der Waals surface area (Å²) in [6.45, 7) is 2.57. The van der Waals surface area contributed by atoms with Crippen LogP contribution in [0.15, 0.2) is 18.2 Å². The van der Waals surface area contributed by atoms with Gasteiger partial charge in [0.15, 0.2) is 0 Å². The molecule has 94 valence electrons. The van der Waals surface area contributed by atoms with E-state index in [1.807, 2.05) is 6.92 Å². The molecule has 0 radical (unpaired) electrons. The summed E-state index contributed by atoms with van der Waals surface area (Å²) in [7, 11) is 3.50. The number of nitrogens with one attached hydrogen (secondary N) is 1. The molecule has 0 aliphatic rings. The lowest BCUT2D eigenvalue weighted by Gasteiger charge is -2.11. The fraction of sp³-hybridized carbons (Fsp3) is 0.462. The SMILES string of the molecule is Cc1cc(F)ccc1NCCCC(=O)N(C)C. The van der Waals surface area contributed by atoms with Crippen LogP contribution in [0, 0.1) is 12.7 Å². The van der Waals surface area contributed by atoms with Crippen LogP contribution in [0.1, 0.15) is 18.4 Å². The molecule has 0 heterocycles.